The Kier molecular flexibility index (Phi) is 2.99. The Morgan fingerprint density at radius 1 is 0.900 bits per heavy atom. The number of fused-ring (bicyclic) bond motifs is 1. The molecule has 3 aromatic rings. The molecule has 0 fully saturated rings. The van der Waals surface area contributed by atoms with E-state index in [0.717, 1.165) is 12.1 Å². The molecule has 1 heterocycles. The van der Waals surface area contributed by atoms with Crippen LogP contribution in [-0.2, 0) is 0 Å². The first-order valence-corrected chi connectivity index (χ1v) is 5.87. The van der Waals surface area contributed by atoms with Gasteiger partial charge >= 0.3 is 0 Å². The lowest BCUT2D eigenvalue weighted by Crippen LogP contribution is -2.05. The van der Waals surface area contributed by atoms with E-state index in [-0.39, 0.29) is 5.56 Å². The average molecular weight is 278 g/mol. The predicted molar refractivity (Wildman–Crippen MR) is 66.6 cm³/mol. The highest BCUT2D eigenvalue weighted by atomic mass is 19.2. The lowest BCUT2D eigenvalue weighted by Gasteiger charge is -2.11. The fourth-order valence-corrected chi connectivity index (χ4v) is 2.13. The number of rotatable bonds is 2. The molecule has 1 unspecified atom stereocenters. The standard InChI is InChI=1S/C15H9F3O2/c16-11-6-5-9(13(17)14(11)18)15(19)10-7-20-12-4-2-1-3-8(10)12/h1-7,15,19H. The van der Waals surface area contributed by atoms with Gasteiger partial charge in [0.15, 0.2) is 17.5 Å². The summed E-state index contributed by atoms with van der Waals surface area (Å²) in [4.78, 5) is 0. The van der Waals surface area contributed by atoms with Gasteiger partial charge in [-0.25, -0.2) is 13.2 Å². The smallest absolute Gasteiger partial charge is 0.194 e. The molecule has 1 aromatic heterocycles. The fraction of sp³-hybridized carbons (Fsp3) is 0.0667. The summed E-state index contributed by atoms with van der Waals surface area (Å²) in [6.45, 7) is 0. The lowest BCUT2D eigenvalue weighted by molar-refractivity contribution is 0.213. The first kappa shape index (κ1) is 12.7. The highest BCUT2D eigenvalue weighted by Gasteiger charge is 2.23. The van der Waals surface area contributed by atoms with Crippen LogP contribution in [0.2, 0.25) is 0 Å². The van der Waals surface area contributed by atoms with Crippen molar-refractivity contribution >= 4 is 11.0 Å². The van der Waals surface area contributed by atoms with Crippen molar-refractivity contribution in [1.29, 1.82) is 0 Å². The Hall–Kier alpha value is -2.27. The van der Waals surface area contributed by atoms with E-state index >= 15 is 0 Å². The molecule has 2 nitrogen and oxygen atoms in total. The van der Waals surface area contributed by atoms with E-state index in [2.05, 4.69) is 0 Å². The van der Waals surface area contributed by atoms with Crippen LogP contribution in [0.5, 0.6) is 0 Å². The van der Waals surface area contributed by atoms with Crippen LogP contribution >= 0.6 is 0 Å². The van der Waals surface area contributed by atoms with Gasteiger partial charge in [0.1, 0.15) is 11.7 Å². The monoisotopic (exact) mass is 278 g/mol. The van der Waals surface area contributed by atoms with E-state index in [4.69, 9.17) is 4.42 Å². The predicted octanol–water partition coefficient (Wildman–Crippen LogP) is 3.93. The molecule has 3 rings (SSSR count). The maximum atomic E-state index is 13.7. The summed E-state index contributed by atoms with van der Waals surface area (Å²) in [6.07, 6.45) is -0.162. The topological polar surface area (TPSA) is 33.4 Å². The molecule has 0 saturated heterocycles. The number of aliphatic hydroxyl groups is 1. The highest BCUT2D eigenvalue weighted by Crippen LogP contribution is 2.32. The molecular weight excluding hydrogens is 269 g/mol. The summed E-state index contributed by atoms with van der Waals surface area (Å²) in [5, 5.41) is 10.8. The molecular formula is C15H9F3O2. The molecule has 0 radical (unpaired) electrons. The van der Waals surface area contributed by atoms with Gasteiger partial charge in [-0.05, 0) is 12.1 Å². The second-order valence-electron chi connectivity index (χ2n) is 4.35. The van der Waals surface area contributed by atoms with E-state index in [1.165, 1.54) is 6.26 Å². The van der Waals surface area contributed by atoms with E-state index in [0.29, 0.717) is 16.5 Å². The van der Waals surface area contributed by atoms with E-state index < -0.39 is 23.6 Å². The average Bonchev–Trinajstić information content (AvgIpc) is 2.88. The van der Waals surface area contributed by atoms with Crippen molar-refractivity contribution in [2.24, 2.45) is 0 Å². The Labute approximate surface area is 112 Å². The molecule has 0 aliphatic rings. The molecule has 0 saturated carbocycles. The third-order valence-corrected chi connectivity index (χ3v) is 3.17. The first-order chi connectivity index (χ1) is 9.59. The maximum absolute atomic E-state index is 13.7. The third kappa shape index (κ3) is 1.87. The van der Waals surface area contributed by atoms with Gasteiger partial charge in [0.05, 0.1) is 6.26 Å². The van der Waals surface area contributed by atoms with E-state index in [1.54, 1.807) is 24.3 Å². The van der Waals surface area contributed by atoms with Crippen molar-refractivity contribution in [2.45, 2.75) is 6.10 Å². The van der Waals surface area contributed by atoms with Gasteiger partial charge in [-0.15, -0.1) is 0 Å². The highest BCUT2D eigenvalue weighted by molar-refractivity contribution is 5.81. The largest absolute Gasteiger partial charge is 0.464 e. The minimum Gasteiger partial charge on any atom is -0.464 e. The molecule has 0 spiro atoms. The molecule has 102 valence electrons. The molecule has 0 aliphatic heterocycles. The van der Waals surface area contributed by atoms with Gasteiger partial charge in [0, 0.05) is 16.5 Å². The zero-order chi connectivity index (χ0) is 14.3. The van der Waals surface area contributed by atoms with E-state index in [1.807, 2.05) is 0 Å². The van der Waals surface area contributed by atoms with Gasteiger partial charge in [0.25, 0.3) is 0 Å². The normalized spacial score (nSPS) is 12.8. The van der Waals surface area contributed by atoms with Gasteiger partial charge < -0.3 is 9.52 Å². The second-order valence-corrected chi connectivity index (χ2v) is 4.35. The fourth-order valence-electron chi connectivity index (χ4n) is 2.13. The molecule has 0 amide bonds. The van der Waals surface area contributed by atoms with Crippen LogP contribution in [0.1, 0.15) is 17.2 Å². The summed E-state index contributed by atoms with van der Waals surface area (Å²) in [7, 11) is 0. The zero-order valence-corrected chi connectivity index (χ0v) is 10.1. The van der Waals surface area contributed by atoms with Crippen LogP contribution in [-0.4, -0.2) is 5.11 Å². The summed E-state index contributed by atoms with van der Waals surface area (Å²) >= 11 is 0. The molecule has 5 heteroatoms. The third-order valence-electron chi connectivity index (χ3n) is 3.17. The quantitative estimate of drug-likeness (QED) is 0.720. The molecule has 2 aromatic carbocycles. The number of halogens is 3. The van der Waals surface area contributed by atoms with Gasteiger partial charge in [-0.1, -0.05) is 24.3 Å². The second kappa shape index (κ2) is 4.68. The summed E-state index contributed by atoms with van der Waals surface area (Å²) < 4.78 is 45.1. The molecule has 0 bridgehead atoms. The number of para-hydroxylation sites is 1. The Morgan fingerprint density at radius 2 is 1.65 bits per heavy atom. The summed E-state index contributed by atoms with van der Waals surface area (Å²) in [5.74, 6) is -4.30. The molecule has 1 N–H and O–H groups in total. The number of benzene rings is 2. The number of aliphatic hydroxyl groups excluding tert-OH is 1. The molecule has 0 aliphatic carbocycles. The lowest BCUT2D eigenvalue weighted by atomic mass is 10.0. The zero-order valence-electron chi connectivity index (χ0n) is 10.1. The summed E-state index contributed by atoms with van der Waals surface area (Å²) in [6, 6.07) is 8.65. The number of hydrogen-bond donors (Lipinski definition) is 1. The minimum atomic E-state index is -1.60. The minimum absolute atomic E-state index is 0.297. The molecule has 20 heavy (non-hydrogen) atoms. The van der Waals surface area contributed by atoms with Crippen molar-refractivity contribution in [1.82, 2.24) is 0 Å². The molecule has 1 atom stereocenters. The SMILES string of the molecule is OC(c1ccc(F)c(F)c1F)c1coc2ccccc12. The van der Waals surface area contributed by atoms with Crippen LogP contribution in [0.15, 0.2) is 47.1 Å². The van der Waals surface area contributed by atoms with Gasteiger partial charge in [0.2, 0.25) is 0 Å². The van der Waals surface area contributed by atoms with Crippen LogP contribution in [0.4, 0.5) is 13.2 Å². The van der Waals surface area contributed by atoms with Crippen molar-refractivity contribution in [3.8, 4) is 0 Å². The van der Waals surface area contributed by atoms with Crippen molar-refractivity contribution in [3.63, 3.8) is 0 Å². The van der Waals surface area contributed by atoms with Gasteiger partial charge in [-0.3, -0.25) is 0 Å². The van der Waals surface area contributed by atoms with Gasteiger partial charge in [-0.2, -0.15) is 0 Å². The van der Waals surface area contributed by atoms with Crippen molar-refractivity contribution in [2.75, 3.05) is 0 Å². The van der Waals surface area contributed by atoms with Crippen molar-refractivity contribution < 1.29 is 22.7 Å². The Morgan fingerprint density at radius 3 is 2.45 bits per heavy atom. The Bertz CT molecular complexity index is 780. The van der Waals surface area contributed by atoms with Crippen LogP contribution in [0.3, 0.4) is 0 Å². The van der Waals surface area contributed by atoms with Crippen LogP contribution < -0.4 is 0 Å². The van der Waals surface area contributed by atoms with Crippen LogP contribution in [0.25, 0.3) is 11.0 Å². The van der Waals surface area contributed by atoms with Crippen molar-refractivity contribution in [3.05, 3.63) is 71.2 Å². The number of hydrogen-bond acceptors (Lipinski definition) is 2. The number of furan rings is 1. The maximum Gasteiger partial charge on any atom is 0.194 e. The first-order valence-electron chi connectivity index (χ1n) is 5.87. The van der Waals surface area contributed by atoms with E-state index in [9.17, 15) is 18.3 Å². The van der Waals surface area contributed by atoms with Crippen LogP contribution in [0, 0.1) is 17.5 Å². The Balaban J connectivity index is 2.13. The summed E-state index contributed by atoms with van der Waals surface area (Å²) in [5.41, 5.74) is 0.477.